The number of thiophene rings is 1. The second-order valence-corrected chi connectivity index (χ2v) is 4.59. The SMILES string of the molecule is CCc1ccc(C#N)c2sc(C)cc12. The van der Waals surface area contributed by atoms with Gasteiger partial charge < -0.3 is 0 Å². The van der Waals surface area contributed by atoms with Gasteiger partial charge in [0, 0.05) is 4.88 Å². The van der Waals surface area contributed by atoms with Crippen LogP contribution in [-0.2, 0) is 6.42 Å². The Balaban J connectivity index is 2.86. The molecule has 0 aliphatic rings. The van der Waals surface area contributed by atoms with E-state index in [1.54, 1.807) is 11.3 Å². The van der Waals surface area contributed by atoms with Crippen LogP contribution in [0.2, 0.25) is 0 Å². The summed E-state index contributed by atoms with van der Waals surface area (Å²) in [6, 6.07) is 8.42. The van der Waals surface area contributed by atoms with Crippen molar-refractivity contribution in [1.29, 1.82) is 5.26 Å². The van der Waals surface area contributed by atoms with Crippen molar-refractivity contribution in [2.24, 2.45) is 0 Å². The van der Waals surface area contributed by atoms with Gasteiger partial charge in [-0.25, -0.2) is 0 Å². The van der Waals surface area contributed by atoms with Crippen LogP contribution in [0.1, 0.15) is 22.9 Å². The highest BCUT2D eigenvalue weighted by Gasteiger charge is 2.07. The van der Waals surface area contributed by atoms with Crippen molar-refractivity contribution in [2.45, 2.75) is 20.3 Å². The molecule has 14 heavy (non-hydrogen) atoms. The van der Waals surface area contributed by atoms with E-state index >= 15 is 0 Å². The number of nitrogens with zero attached hydrogens (tertiary/aromatic N) is 1. The number of aryl methyl sites for hydroxylation is 2. The lowest BCUT2D eigenvalue weighted by molar-refractivity contribution is 1.16. The molecule has 0 aliphatic carbocycles. The first-order chi connectivity index (χ1) is 6.76. The molecule has 0 saturated carbocycles. The van der Waals surface area contributed by atoms with Gasteiger partial charge in [-0.05, 0) is 36.4 Å². The van der Waals surface area contributed by atoms with Gasteiger partial charge in [0.15, 0.2) is 0 Å². The molecule has 0 N–H and O–H groups in total. The third-order valence-electron chi connectivity index (χ3n) is 2.40. The average molecular weight is 201 g/mol. The third-order valence-corrected chi connectivity index (χ3v) is 3.48. The summed E-state index contributed by atoms with van der Waals surface area (Å²) in [5.41, 5.74) is 2.14. The normalized spacial score (nSPS) is 10.4. The molecule has 0 amide bonds. The standard InChI is InChI=1S/C12H11NS/c1-3-9-4-5-10(7-13)12-11(9)6-8(2)14-12/h4-6H,3H2,1-2H3. The van der Waals surface area contributed by atoms with Crippen LogP contribution in [0.4, 0.5) is 0 Å². The first-order valence-electron chi connectivity index (χ1n) is 4.68. The lowest BCUT2D eigenvalue weighted by atomic mass is 10.1. The van der Waals surface area contributed by atoms with Gasteiger partial charge in [-0.3, -0.25) is 0 Å². The van der Waals surface area contributed by atoms with Gasteiger partial charge >= 0.3 is 0 Å². The second kappa shape index (κ2) is 3.43. The van der Waals surface area contributed by atoms with Crippen LogP contribution in [0.3, 0.4) is 0 Å². The van der Waals surface area contributed by atoms with Crippen LogP contribution < -0.4 is 0 Å². The van der Waals surface area contributed by atoms with Crippen molar-refractivity contribution < 1.29 is 0 Å². The molecular formula is C12H11NS. The molecular weight excluding hydrogens is 190 g/mol. The van der Waals surface area contributed by atoms with Crippen LogP contribution in [0, 0.1) is 18.3 Å². The molecule has 0 saturated heterocycles. The summed E-state index contributed by atoms with van der Waals surface area (Å²) >= 11 is 1.71. The Morgan fingerprint density at radius 2 is 2.21 bits per heavy atom. The minimum absolute atomic E-state index is 0.801. The Morgan fingerprint density at radius 1 is 1.43 bits per heavy atom. The summed E-state index contributed by atoms with van der Waals surface area (Å²) in [7, 11) is 0. The fraction of sp³-hybridized carbons (Fsp3) is 0.250. The van der Waals surface area contributed by atoms with E-state index in [4.69, 9.17) is 5.26 Å². The van der Waals surface area contributed by atoms with Gasteiger partial charge in [0.2, 0.25) is 0 Å². The number of hydrogen-bond donors (Lipinski definition) is 0. The summed E-state index contributed by atoms with van der Waals surface area (Å²) in [6.07, 6.45) is 1.03. The Labute approximate surface area is 87.6 Å². The van der Waals surface area contributed by atoms with E-state index in [0.717, 1.165) is 16.7 Å². The molecule has 70 valence electrons. The number of nitriles is 1. The smallest absolute Gasteiger partial charge is 0.101 e. The maximum atomic E-state index is 8.97. The fourth-order valence-corrected chi connectivity index (χ4v) is 2.72. The molecule has 0 aliphatic heterocycles. The van der Waals surface area contributed by atoms with Crippen molar-refractivity contribution >= 4 is 21.4 Å². The summed E-state index contributed by atoms with van der Waals surface area (Å²) in [6.45, 7) is 4.24. The Kier molecular flexibility index (Phi) is 2.26. The van der Waals surface area contributed by atoms with Crippen molar-refractivity contribution in [3.05, 3.63) is 34.2 Å². The fourth-order valence-electron chi connectivity index (χ4n) is 1.70. The van der Waals surface area contributed by atoms with Crippen molar-refractivity contribution in [2.75, 3.05) is 0 Å². The Morgan fingerprint density at radius 3 is 2.86 bits per heavy atom. The zero-order chi connectivity index (χ0) is 10.1. The van der Waals surface area contributed by atoms with Crippen LogP contribution >= 0.6 is 11.3 Å². The minimum atomic E-state index is 0.801. The van der Waals surface area contributed by atoms with Crippen molar-refractivity contribution in [3.8, 4) is 6.07 Å². The highest BCUT2D eigenvalue weighted by molar-refractivity contribution is 7.19. The van der Waals surface area contributed by atoms with E-state index in [0.29, 0.717) is 0 Å². The highest BCUT2D eigenvalue weighted by Crippen LogP contribution is 2.30. The molecule has 1 aromatic heterocycles. The first kappa shape index (κ1) is 9.23. The van der Waals surface area contributed by atoms with Gasteiger partial charge in [-0.1, -0.05) is 13.0 Å². The van der Waals surface area contributed by atoms with Gasteiger partial charge in [0.25, 0.3) is 0 Å². The first-order valence-corrected chi connectivity index (χ1v) is 5.50. The predicted octanol–water partition coefficient (Wildman–Crippen LogP) is 3.64. The van der Waals surface area contributed by atoms with Crippen LogP contribution in [0.5, 0.6) is 0 Å². The summed E-state index contributed by atoms with van der Waals surface area (Å²) < 4.78 is 1.14. The van der Waals surface area contributed by atoms with Crippen LogP contribution in [0.25, 0.3) is 10.1 Å². The average Bonchev–Trinajstić information content (AvgIpc) is 2.57. The topological polar surface area (TPSA) is 23.8 Å². The third kappa shape index (κ3) is 1.30. The van der Waals surface area contributed by atoms with Crippen molar-refractivity contribution in [1.82, 2.24) is 0 Å². The zero-order valence-corrected chi connectivity index (χ0v) is 9.11. The summed E-state index contributed by atoms with van der Waals surface area (Å²) in [5, 5.41) is 10.2. The van der Waals surface area contributed by atoms with Gasteiger partial charge in [-0.2, -0.15) is 5.26 Å². The quantitative estimate of drug-likeness (QED) is 0.691. The number of rotatable bonds is 1. The molecule has 0 atom stereocenters. The van der Waals surface area contributed by atoms with E-state index in [2.05, 4.69) is 32.0 Å². The summed E-state index contributed by atoms with van der Waals surface area (Å²) in [4.78, 5) is 1.28. The highest BCUT2D eigenvalue weighted by atomic mass is 32.1. The second-order valence-electron chi connectivity index (χ2n) is 3.34. The van der Waals surface area contributed by atoms with Crippen molar-refractivity contribution in [3.63, 3.8) is 0 Å². The molecule has 0 unspecified atom stereocenters. The van der Waals surface area contributed by atoms with E-state index in [-0.39, 0.29) is 0 Å². The lowest BCUT2D eigenvalue weighted by Crippen LogP contribution is -1.82. The molecule has 0 spiro atoms. The number of hydrogen-bond acceptors (Lipinski definition) is 2. The van der Waals surface area contributed by atoms with E-state index in [1.165, 1.54) is 15.8 Å². The molecule has 2 heteroatoms. The maximum absolute atomic E-state index is 8.97. The Bertz CT molecular complexity index is 517. The molecule has 2 rings (SSSR count). The largest absolute Gasteiger partial charge is 0.192 e. The van der Waals surface area contributed by atoms with Gasteiger partial charge in [0.05, 0.1) is 10.3 Å². The molecule has 1 nitrogen and oxygen atoms in total. The number of fused-ring (bicyclic) bond motifs is 1. The summed E-state index contributed by atoms with van der Waals surface area (Å²) in [5.74, 6) is 0. The number of benzene rings is 1. The van der Waals surface area contributed by atoms with E-state index in [9.17, 15) is 0 Å². The van der Waals surface area contributed by atoms with Crippen LogP contribution in [-0.4, -0.2) is 0 Å². The van der Waals surface area contributed by atoms with E-state index < -0.39 is 0 Å². The monoisotopic (exact) mass is 201 g/mol. The molecule has 0 bridgehead atoms. The molecule has 1 heterocycles. The Hall–Kier alpha value is -1.33. The molecule has 0 fully saturated rings. The van der Waals surface area contributed by atoms with Crippen LogP contribution in [0.15, 0.2) is 18.2 Å². The molecule has 2 aromatic rings. The van der Waals surface area contributed by atoms with Gasteiger partial charge in [-0.15, -0.1) is 11.3 Å². The predicted molar refractivity (Wildman–Crippen MR) is 60.7 cm³/mol. The molecule has 0 radical (unpaired) electrons. The van der Waals surface area contributed by atoms with Gasteiger partial charge in [0.1, 0.15) is 6.07 Å². The maximum Gasteiger partial charge on any atom is 0.101 e. The zero-order valence-electron chi connectivity index (χ0n) is 8.29. The molecule has 1 aromatic carbocycles. The van der Waals surface area contributed by atoms with E-state index in [1.807, 2.05) is 6.07 Å². The minimum Gasteiger partial charge on any atom is -0.192 e. The lowest BCUT2D eigenvalue weighted by Gasteiger charge is -1.99.